The van der Waals surface area contributed by atoms with Gasteiger partial charge in [0.2, 0.25) is 10.0 Å². The summed E-state index contributed by atoms with van der Waals surface area (Å²) in [5, 5.41) is 0. The number of rotatable bonds is 4. The Morgan fingerprint density at radius 2 is 1.88 bits per heavy atom. The number of halogens is 1. The van der Waals surface area contributed by atoms with E-state index in [2.05, 4.69) is 0 Å². The van der Waals surface area contributed by atoms with Crippen molar-refractivity contribution in [2.45, 2.75) is 30.7 Å². The Bertz CT molecular complexity index is 862. The van der Waals surface area contributed by atoms with E-state index in [1.54, 1.807) is 24.3 Å². The van der Waals surface area contributed by atoms with E-state index in [4.69, 9.17) is 0 Å². The van der Waals surface area contributed by atoms with Gasteiger partial charge in [-0.15, -0.1) is 0 Å². The highest BCUT2D eigenvalue weighted by molar-refractivity contribution is 7.89. The summed E-state index contributed by atoms with van der Waals surface area (Å²) in [5.41, 5.74) is 1.15. The molecular formula is C18H18FNO3S. The highest BCUT2D eigenvalue weighted by atomic mass is 32.2. The first kappa shape index (κ1) is 16.8. The fraction of sp³-hybridized carbons (Fsp3) is 0.278. The predicted octanol–water partition coefficient (Wildman–Crippen LogP) is 3.55. The van der Waals surface area contributed by atoms with Crippen molar-refractivity contribution >= 4 is 15.8 Å². The molecule has 1 heterocycles. The van der Waals surface area contributed by atoms with Crippen molar-refractivity contribution < 1.29 is 17.6 Å². The lowest BCUT2D eigenvalue weighted by Gasteiger charge is -2.24. The summed E-state index contributed by atoms with van der Waals surface area (Å²) in [6.45, 7) is 1.82. The first-order valence-electron chi connectivity index (χ1n) is 7.78. The number of Topliss-reactive ketones (excluding diaryl/α,β-unsaturated/α-hetero) is 1. The van der Waals surface area contributed by atoms with Crippen LogP contribution in [0.15, 0.2) is 53.4 Å². The van der Waals surface area contributed by atoms with Gasteiger partial charge in [-0.2, -0.15) is 4.31 Å². The van der Waals surface area contributed by atoms with Crippen molar-refractivity contribution in [1.82, 2.24) is 4.31 Å². The molecule has 1 aliphatic heterocycles. The average molecular weight is 347 g/mol. The van der Waals surface area contributed by atoms with Crippen LogP contribution in [0.5, 0.6) is 0 Å². The third-order valence-corrected chi connectivity index (χ3v) is 6.21. The highest BCUT2D eigenvalue weighted by Gasteiger charge is 2.36. The number of carbonyl (C=O) groups excluding carboxylic acids is 1. The number of ketones is 1. The van der Waals surface area contributed by atoms with E-state index in [1.807, 2.05) is 0 Å². The molecule has 126 valence electrons. The standard InChI is InChI=1S/C18H18FNO3S/c1-13(21)15-4-2-5-17(12-15)24(22,23)20-11-3-6-18(20)14-7-9-16(19)10-8-14/h2,4-5,7-10,12,18H,3,6,11H2,1H3/t18-/m0/s1. The van der Waals surface area contributed by atoms with Crippen LogP contribution < -0.4 is 0 Å². The van der Waals surface area contributed by atoms with Crippen molar-refractivity contribution in [3.63, 3.8) is 0 Å². The molecule has 0 radical (unpaired) electrons. The number of carbonyl (C=O) groups is 1. The minimum absolute atomic E-state index is 0.115. The maximum absolute atomic E-state index is 13.1. The third-order valence-electron chi connectivity index (χ3n) is 4.31. The summed E-state index contributed by atoms with van der Waals surface area (Å²) >= 11 is 0. The lowest BCUT2D eigenvalue weighted by Crippen LogP contribution is -2.30. The summed E-state index contributed by atoms with van der Waals surface area (Å²) in [5.74, 6) is -0.524. The molecule has 0 amide bonds. The molecule has 24 heavy (non-hydrogen) atoms. The zero-order valence-corrected chi connectivity index (χ0v) is 14.1. The zero-order chi connectivity index (χ0) is 17.3. The predicted molar refractivity (Wildman–Crippen MR) is 88.7 cm³/mol. The highest BCUT2D eigenvalue weighted by Crippen LogP contribution is 2.36. The monoisotopic (exact) mass is 347 g/mol. The minimum Gasteiger partial charge on any atom is -0.295 e. The molecule has 6 heteroatoms. The molecular weight excluding hydrogens is 329 g/mol. The number of hydrogen-bond donors (Lipinski definition) is 0. The van der Waals surface area contributed by atoms with E-state index in [0.717, 1.165) is 12.0 Å². The van der Waals surface area contributed by atoms with Crippen LogP contribution in [0, 0.1) is 5.82 Å². The first-order chi connectivity index (χ1) is 11.4. The Morgan fingerprint density at radius 3 is 2.54 bits per heavy atom. The Balaban J connectivity index is 1.97. The maximum atomic E-state index is 13.1. The number of sulfonamides is 1. The van der Waals surface area contributed by atoms with Gasteiger partial charge in [0, 0.05) is 12.1 Å². The second-order valence-corrected chi connectivity index (χ2v) is 7.80. The Kier molecular flexibility index (Phi) is 4.51. The SMILES string of the molecule is CC(=O)c1cccc(S(=O)(=O)N2CCC[C@H]2c2ccc(F)cc2)c1. The van der Waals surface area contributed by atoms with Gasteiger partial charge in [0.1, 0.15) is 5.82 Å². The van der Waals surface area contributed by atoms with Crippen LogP contribution >= 0.6 is 0 Å². The lowest BCUT2D eigenvalue weighted by atomic mass is 10.1. The zero-order valence-electron chi connectivity index (χ0n) is 13.3. The molecule has 0 aliphatic carbocycles. The molecule has 4 nitrogen and oxygen atoms in total. The molecule has 0 N–H and O–H groups in total. The molecule has 2 aromatic rings. The molecule has 1 atom stereocenters. The molecule has 0 saturated carbocycles. The Labute approximate surface area is 141 Å². The van der Waals surface area contributed by atoms with E-state index in [1.165, 1.54) is 35.5 Å². The van der Waals surface area contributed by atoms with Crippen LogP contribution in [0.2, 0.25) is 0 Å². The quantitative estimate of drug-likeness (QED) is 0.795. The van der Waals surface area contributed by atoms with E-state index >= 15 is 0 Å². The normalized spacial score (nSPS) is 18.7. The number of hydrogen-bond acceptors (Lipinski definition) is 3. The van der Waals surface area contributed by atoms with Crippen molar-refractivity contribution in [3.8, 4) is 0 Å². The van der Waals surface area contributed by atoms with Crippen molar-refractivity contribution in [1.29, 1.82) is 0 Å². The van der Waals surface area contributed by atoms with Gasteiger partial charge in [-0.1, -0.05) is 24.3 Å². The average Bonchev–Trinajstić information content (AvgIpc) is 3.06. The van der Waals surface area contributed by atoms with Crippen molar-refractivity contribution in [2.24, 2.45) is 0 Å². The summed E-state index contributed by atoms with van der Waals surface area (Å²) in [6.07, 6.45) is 1.44. The summed E-state index contributed by atoms with van der Waals surface area (Å²) in [4.78, 5) is 11.6. The second kappa shape index (κ2) is 6.45. The fourth-order valence-electron chi connectivity index (χ4n) is 3.06. The van der Waals surface area contributed by atoms with Crippen LogP contribution in [-0.4, -0.2) is 25.1 Å². The van der Waals surface area contributed by atoms with Crippen molar-refractivity contribution in [3.05, 3.63) is 65.5 Å². The second-order valence-electron chi connectivity index (χ2n) is 5.91. The fourth-order valence-corrected chi connectivity index (χ4v) is 4.79. The van der Waals surface area contributed by atoms with Gasteiger partial charge >= 0.3 is 0 Å². The summed E-state index contributed by atoms with van der Waals surface area (Å²) in [6, 6.07) is 11.7. The number of nitrogens with zero attached hydrogens (tertiary/aromatic N) is 1. The summed E-state index contributed by atoms with van der Waals surface area (Å²) in [7, 11) is -3.71. The molecule has 2 aromatic carbocycles. The van der Waals surface area contributed by atoms with Gasteiger partial charge in [0.05, 0.1) is 10.9 Å². The van der Waals surface area contributed by atoms with Crippen LogP contribution in [0.1, 0.15) is 41.7 Å². The number of benzene rings is 2. The smallest absolute Gasteiger partial charge is 0.243 e. The molecule has 0 bridgehead atoms. The molecule has 1 aliphatic rings. The van der Waals surface area contributed by atoms with E-state index in [-0.39, 0.29) is 22.5 Å². The molecule has 0 spiro atoms. The van der Waals surface area contributed by atoms with Gasteiger partial charge in [0.15, 0.2) is 5.78 Å². The first-order valence-corrected chi connectivity index (χ1v) is 9.22. The van der Waals surface area contributed by atoms with E-state index < -0.39 is 10.0 Å². The lowest BCUT2D eigenvalue weighted by molar-refractivity contribution is 0.101. The van der Waals surface area contributed by atoms with Crippen LogP contribution in [0.4, 0.5) is 4.39 Å². The molecule has 1 fully saturated rings. The van der Waals surface area contributed by atoms with Crippen LogP contribution in [0.3, 0.4) is 0 Å². The van der Waals surface area contributed by atoms with Gasteiger partial charge < -0.3 is 0 Å². The molecule has 0 unspecified atom stereocenters. The van der Waals surface area contributed by atoms with Gasteiger partial charge in [-0.3, -0.25) is 4.79 Å². The maximum Gasteiger partial charge on any atom is 0.243 e. The summed E-state index contributed by atoms with van der Waals surface area (Å²) < 4.78 is 40.6. The van der Waals surface area contributed by atoms with Gasteiger partial charge in [-0.05, 0) is 49.6 Å². The van der Waals surface area contributed by atoms with Gasteiger partial charge in [0.25, 0.3) is 0 Å². The van der Waals surface area contributed by atoms with Crippen LogP contribution in [0.25, 0.3) is 0 Å². The van der Waals surface area contributed by atoms with Crippen LogP contribution in [-0.2, 0) is 10.0 Å². The Hall–Kier alpha value is -2.05. The Morgan fingerprint density at radius 1 is 1.17 bits per heavy atom. The van der Waals surface area contributed by atoms with E-state index in [9.17, 15) is 17.6 Å². The largest absolute Gasteiger partial charge is 0.295 e. The van der Waals surface area contributed by atoms with Crippen molar-refractivity contribution in [2.75, 3.05) is 6.54 Å². The molecule has 3 rings (SSSR count). The van der Waals surface area contributed by atoms with E-state index in [0.29, 0.717) is 18.5 Å². The van der Waals surface area contributed by atoms with Gasteiger partial charge in [-0.25, -0.2) is 12.8 Å². The topological polar surface area (TPSA) is 54.5 Å². The molecule has 0 aromatic heterocycles. The molecule has 1 saturated heterocycles. The third kappa shape index (κ3) is 3.12. The minimum atomic E-state index is -3.71.